The van der Waals surface area contributed by atoms with Crippen LogP contribution in [0, 0.1) is 18.6 Å². The topological polar surface area (TPSA) is 46.6 Å². The van der Waals surface area contributed by atoms with Crippen molar-refractivity contribution in [2.75, 3.05) is 7.05 Å². The van der Waals surface area contributed by atoms with Crippen molar-refractivity contribution in [2.45, 2.75) is 39.3 Å². The van der Waals surface area contributed by atoms with E-state index in [0.717, 1.165) is 17.0 Å². The Kier molecular flexibility index (Phi) is 5.04. The summed E-state index contributed by atoms with van der Waals surface area (Å²) in [4.78, 5) is 24.0. The second kappa shape index (κ2) is 6.20. The SMILES string of the molecule is Cc1cc(F)c(C(C=O)N(C)C(=O)OC(C)(C)C)c(F)c1. The van der Waals surface area contributed by atoms with Crippen LogP contribution in [0.1, 0.15) is 37.9 Å². The number of aldehydes is 1. The first kappa shape index (κ1) is 17.1. The van der Waals surface area contributed by atoms with E-state index in [2.05, 4.69) is 0 Å². The first-order valence-electron chi connectivity index (χ1n) is 6.43. The van der Waals surface area contributed by atoms with Crippen molar-refractivity contribution in [1.29, 1.82) is 0 Å². The van der Waals surface area contributed by atoms with E-state index >= 15 is 0 Å². The third kappa shape index (κ3) is 4.24. The standard InChI is InChI=1S/C15H19F2NO3/c1-9-6-10(16)13(11(17)7-9)12(8-19)18(5)14(20)21-15(2,3)4/h6-8,12H,1-5H3. The van der Waals surface area contributed by atoms with Crippen molar-refractivity contribution in [3.05, 3.63) is 34.9 Å². The van der Waals surface area contributed by atoms with Gasteiger partial charge in [0.15, 0.2) is 0 Å². The number of carbonyl (C=O) groups is 2. The molecule has 0 radical (unpaired) electrons. The fourth-order valence-corrected chi connectivity index (χ4v) is 1.79. The maximum atomic E-state index is 13.9. The van der Waals surface area contributed by atoms with Crippen molar-refractivity contribution in [3.63, 3.8) is 0 Å². The Morgan fingerprint density at radius 2 is 1.76 bits per heavy atom. The van der Waals surface area contributed by atoms with Crippen LogP contribution in [0.25, 0.3) is 0 Å². The van der Waals surface area contributed by atoms with Gasteiger partial charge in [-0.3, -0.25) is 4.90 Å². The summed E-state index contributed by atoms with van der Waals surface area (Å²) in [5.41, 5.74) is -0.856. The fourth-order valence-electron chi connectivity index (χ4n) is 1.79. The van der Waals surface area contributed by atoms with Crippen LogP contribution < -0.4 is 0 Å². The Bertz CT molecular complexity index is 529. The average molecular weight is 299 g/mol. The predicted molar refractivity (Wildman–Crippen MR) is 73.9 cm³/mol. The summed E-state index contributed by atoms with van der Waals surface area (Å²) >= 11 is 0. The van der Waals surface area contributed by atoms with Gasteiger partial charge in [-0.05, 0) is 45.4 Å². The van der Waals surface area contributed by atoms with E-state index in [-0.39, 0.29) is 0 Å². The molecule has 4 nitrogen and oxygen atoms in total. The molecule has 1 aromatic rings. The number of amides is 1. The molecule has 1 atom stereocenters. The summed E-state index contributed by atoms with van der Waals surface area (Å²) in [6.07, 6.45) is -0.528. The van der Waals surface area contributed by atoms with Crippen molar-refractivity contribution < 1.29 is 23.1 Å². The minimum Gasteiger partial charge on any atom is -0.444 e. The van der Waals surface area contributed by atoms with Crippen molar-refractivity contribution in [3.8, 4) is 0 Å². The minimum atomic E-state index is -1.39. The summed E-state index contributed by atoms with van der Waals surface area (Å²) in [5, 5.41) is 0. The molecule has 0 bridgehead atoms. The molecular formula is C15H19F2NO3. The summed E-state index contributed by atoms with van der Waals surface area (Å²) < 4.78 is 33.0. The van der Waals surface area contributed by atoms with Crippen molar-refractivity contribution in [1.82, 2.24) is 4.90 Å². The third-order valence-electron chi connectivity index (χ3n) is 2.75. The van der Waals surface area contributed by atoms with Gasteiger partial charge in [0.1, 0.15) is 29.6 Å². The number of aryl methyl sites for hydroxylation is 1. The predicted octanol–water partition coefficient (Wildman–Crippen LogP) is 3.38. The lowest BCUT2D eigenvalue weighted by atomic mass is 10.0. The van der Waals surface area contributed by atoms with Gasteiger partial charge >= 0.3 is 6.09 Å². The molecule has 0 aliphatic heterocycles. The average Bonchev–Trinajstić information content (AvgIpc) is 2.30. The van der Waals surface area contributed by atoms with Crippen LogP contribution >= 0.6 is 0 Å². The van der Waals surface area contributed by atoms with Gasteiger partial charge in [-0.1, -0.05) is 0 Å². The molecule has 0 saturated carbocycles. The van der Waals surface area contributed by atoms with Gasteiger partial charge in [0, 0.05) is 7.05 Å². The first-order valence-corrected chi connectivity index (χ1v) is 6.43. The number of nitrogens with zero attached hydrogens (tertiary/aromatic N) is 1. The monoisotopic (exact) mass is 299 g/mol. The van der Waals surface area contributed by atoms with Gasteiger partial charge in [0.05, 0.1) is 5.56 Å². The second-order valence-corrected chi connectivity index (χ2v) is 5.81. The first-order chi connectivity index (χ1) is 9.56. The summed E-state index contributed by atoms with van der Waals surface area (Å²) in [6, 6.07) is 0.829. The highest BCUT2D eigenvalue weighted by Gasteiger charge is 2.30. The zero-order valence-corrected chi connectivity index (χ0v) is 12.7. The molecule has 1 rings (SSSR count). The lowest BCUT2D eigenvalue weighted by molar-refractivity contribution is -0.112. The molecule has 0 N–H and O–H groups in total. The number of likely N-dealkylation sites (N-methyl/N-ethyl adjacent to an activating group) is 1. The fraction of sp³-hybridized carbons (Fsp3) is 0.467. The molecule has 6 heteroatoms. The van der Waals surface area contributed by atoms with E-state index < -0.39 is 34.9 Å². The number of rotatable bonds is 3. The maximum absolute atomic E-state index is 13.9. The van der Waals surface area contributed by atoms with Crippen LogP contribution in [-0.4, -0.2) is 29.9 Å². The molecule has 116 valence electrons. The summed E-state index contributed by atoms with van der Waals surface area (Å²) in [7, 11) is 1.26. The molecule has 1 unspecified atom stereocenters. The molecular weight excluding hydrogens is 280 g/mol. The Balaban J connectivity index is 3.14. The molecule has 0 saturated heterocycles. The van der Waals surface area contributed by atoms with Gasteiger partial charge in [-0.2, -0.15) is 0 Å². The maximum Gasteiger partial charge on any atom is 0.410 e. The largest absolute Gasteiger partial charge is 0.444 e. The molecule has 0 aromatic heterocycles. The van der Waals surface area contributed by atoms with E-state index in [0.29, 0.717) is 11.8 Å². The van der Waals surface area contributed by atoms with Crippen molar-refractivity contribution in [2.24, 2.45) is 0 Å². The van der Waals surface area contributed by atoms with Gasteiger partial charge < -0.3 is 9.53 Å². The van der Waals surface area contributed by atoms with Crippen LogP contribution in [0.4, 0.5) is 13.6 Å². The number of halogens is 2. The Hall–Kier alpha value is -1.98. The quantitative estimate of drug-likeness (QED) is 0.804. The molecule has 0 aliphatic rings. The summed E-state index contributed by atoms with van der Waals surface area (Å²) in [5.74, 6) is -1.75. The smallest absolute Gasteiger partial charge is 0.410 e. The Morgan fingerprint density at radius 1 is 1.29 bits per heavy atom. The molecule has 0 fully saturated rings. The Labute approximate surface area is 122 Å². The van der Waals surface area contributed by atoms with Gasteiger partial charge in [0.25, 0.3) is 0 Å². The lowest BCUT2D eigenvalue weighted by Gasteiger charge is -2.28. The van der Waals surface area contributed by atoms with Crippen LogP contribution in [-0.2, 0) is 9.53 Å². The van der Waals surface area contributed by atoms with E-state index in [1.165, 1.54) is 14.0 Å². The van der Waals surface area contributed by atoms with Crippen LogP contribution in [0.3, 0.4) is 0 Å². The molecule has 1 aromatic carbocycles. The van der Waals surface area contributed by atoms with Crippen molar-refractivity contribution >= 4 is 12.4 Å². The third-order valence-corrected chi connectivity index (χ3v) is 2.75. The number of ether oxygens (including phenoxy) is 1. The number of hydrogen-bond acceptors (Lipinski definition) is 3. The highest BCUT2D eigenvalue weighted by molar-refractivity contribution is 5.74. The highest BCUT2D eigenvalue weighted by atomic mass is 19.1. The molecule has 0 aliphatic carbocycles. The number of hydrogen-bond donors (Lipinski definition) is 0. The van der Waals surface area contributed by atoms with E-state index in [1.54, 1.807) is 20.8 Å². The minimum absolute atomic E-state index is 0.306. The zero-order valence-electron chi connectivity index (χ0n) is 12.7. The molecule has 0 heterocycles. The highest BCUT2D eigenvalue weighted by Crippen LogP contribution is 2.26. The van der Waals surface area contributed by atoms with E-state index in [4.69, 9.17) is 4.74 Å². The van der Waals surface area contributed by atoms with Crippen LogP contribution in [0.5, 0.6) is 0 Å². The second-order valence-electron chi connectivity index (χ2n) is 5.81. The number of carbonyl (C=O) groups excluding carboxylic acids is 2. The van der Waals surface area contributed by atoms with Crippen LogP contribution in [0.2, 0.25) is 0 Å². The lowest BCUT2D eigenvalue weighted by Crippen LogP contribution is -2.37. The molecule has 1 amide bonds. The molecule has 21 heavy (non-hydrogen) atoms. The van der Waals surface area contributed by atoms with Gasteiger partial charge in [0.2, 0.25) is 0 Å². The van der Waals surface area contributed by atoms with Crippen LogP contribution in [0.15, 0.2) is 12.1 Å². The van der Waals surface area contributed by atoms with E-state index in [1.807, 2.05) is 0 Å². The zero-order chi connectivity index (χ0) is 16.4. The van der Waals surface area contributed by atoms with E-state index in [9.17, 15) is 18.4 Å². The number of benzene rings is 1. The molecule has 0 spiro atoms. The summed E-state index contributed by atoms with van der Waals surface area (Å²) in [6.45, 7) is 6.49. The normalized spacial score (nSPS) is 12.7. The Morgan fingerprint density at radius 3 is 2.14 bits per heavy atom. The van der Waals surface area contributed by atoms with Gasteiger partial charge in [-0.15, -0.1) is 0 Å². The van der Waals surface area contributed by atoms with Gasteiger partial charge in [-0.25, -0.2) is 13.6 Å².